The van der Waals surface area contributed by atoms with Crippen LogP contribution in [0.4, 0.5) is 13.2 Å². The lowest BCUT2D eigenvalue weighted by Crippen LogP contribution is -2.44. The van der Waals surface area contributed by atoms with Gasteiger partial charge in [-0.15, -0.1) is 0 Å². The third-order valence-corrected chi connectivity index (χ3v) is 4.94. The molecule has 2 fully saturated rings. The molecule has 0 aliphatic carbocycles. The van der Waals surface area contributed by atoms with Crippen LogP contribution in [0.3, 0.4) is 0 Å². The summed E-state index contributed by atoms with van der Waals surface area (Å²) in [5, 5.41) is 0. The number of hydrogen-bond acceptors (Lipinski definition) is 4. The molecule has 2 saturated heterocycles. The van der Waals surface area contributed by atoms with Gasteiger partial charge in [0.25, 0.3) is 0 Å². The van der Waals surface area contributed by atoms with Crippen LogP contribution < -0.4 is 0 Å². The van der Waals surface area contributed by atoms with E-state index in [1.165, 1.54) is 6.07 Å². The first-order valence-corrected chi connectivity index (χ1v) is 9.19. The molecule has 4 rings (SSSR count). The molecule has 4 nitrogen and oxygen atoms in total. The van der Waals surface area contributed by atoms with Crippen LogP contribution in [0, 0.1) is 0 Å². The van der Waals surface area contributed by atoms with Gasteiger partial charge in [-0.3, -0.25) is 0 Å². The molecular weight excluding hydrogens is 373 g/mol. The average Bonchev–Trinajstić information content (AvgIpc) is 3.12. The molecule has 28 heavy (non-hydrogen) atoms. The van der Waals surface area contributed by atoms with Crippen LogP contribution in [0.1, 0.15) is 23.1 Å². The van der Waals surface area contributed by atoms with Crippen LogP contribution in [0.25, 0.3) is 0 Å². The predicted octanol–water partition coefficient (Wildman–Crippen LogP) is 4.32. The molecular formula is C21H21F3O4. The van der Waals surface area contributed by atoms with Crippen molar-refractivity contribution in [1.82, 2.24) is 0 Å². The van der Waals surface area contributed by atoms with Gasteiger partial charge in [0.1, 0.15) is 12.2 Å². The van der Waals surface area contributed by atoms with Gasteiger partial charge in [-0.1, -0.05) is 42.5 Å². The van der Waals surface area contributed by atoms with Crippen molar-refractivity contribution in [3.63, 3.8) is 0 Å². The van der Waals surface area contributed by atoms with Crippen molar-refractivity contribution in [2.45, 2.75) is 50.4 Å². The highest BCUT2D eigenvalue weighted by atomic mass is 19.4. The van der Waals surface area contributed by atoms with Crippen LogP contribution in [0.15, 0.2) is 54.6 Å². The fourth-order valence-electron chi connectivity index (χ4n) is 3.46. The lowest BCUT2D eigenvalue weighted by atomic mass is 10.0. The van der Waals surface area contributed by atoms with E-state index in [0.717, 1.165) is 17.7 Å². The van der Waals surface area contributed by atoms with Crippen molar-refractivity contribution in [2.75, 3.05) is 6.61 Å². The van der Waals surface area contributed by atoms with E-state index in [4.69, 9.17) is 18.9 Å². The number of fused-ring (bicyclic) bond motifs is 2. The first kappa shape index (κ1) is 19.4. The molecule has 0 radical (unpaired) electrons. The lowest BCUT2D eigenvalue weighted by Gasteiger charge is -2.33. The Morgan fingerprint density at radius 1 is 0.893 bits per heavy atom. The van der Waals surface area contributed by atoms with E-state index in [1.807, 2.05) is 30.3 Å². The molecule has 0 aromatic heterocycles. The number of halogens is 3. The number of benzene rings is 2. The van der Waals surface area contributed by atoms with Gasteiger partial charge in [0.05, 0.1) is 31.5 Å². The maximum Gasteiger partial charge on any atom is 0.416 e. The number of rotatable bonds is 6. The van der Waals surface area contributed by atoms with Crippen molar-refractivity contribution < 1.29 is 32.1 Å². The van der Waals surface area contributed by atoms with E-state index >= 15 is 0 Å². The molecule has 2 bridgehead atoms. The summed E-state index contributed by atoms with van der Waals surface area (Å²) in [5.41, 5.74) is 0.830. The number of alkyl halides is 3. The molecule has 0 unspecified atom stereocenters. The molecule has 2 heterocycles. The van der Waals surface area contributed by atoms with Crippen molar-refractivity contribution in [3.05, 3.63) is 71.3 Å². The minimum absolute atomic E-state index is 0.0495. The predicted molar refractivity (Wildman–Crippen MR) is 94.3 cm³/mol. The summed E-state index contributed by atoms with van der Waals surface area (Å²) in [6, 6.07) is 15.0. The van der Waals surface area contributed by atoms with E-state index in [0.29, 0.717) is 25.2 Å². The van der Waals surface area contributed by atoms with E-state index in [2.05, 4.69) is 0 Å². The second-order valence-corrected chi connectivity index (χ2v) is 6.99. The number of ether oxygens (including phenoxy) is 4. The average molecular weight is 394 g/mol. The summed E-state index contributed by atoms with van der Waals surface area (Å²) < 4.78 is 61.9. The van der Waals surface area contributed by atoms with Gasteiger partial charge in [0.2, 0.25) is 0 Å². The Bertz CT molecular complexity index is 781. The highest BCUT2D eigenvalue weighted by Crippen LogP contribution is 2.33. The Hall–Kier alpha value is -1.93. The van der Waals surface area contributed by atoms with Crippen molar-refractivity contribution >= 4 is 0 Å². The van der Waals surface area contributed by atoms with Gasteiger partial charge in [-0.05, 0) is 23.3 Å². The summed E-state index contributed by atoms with van der Waals surface area (Å²) in [4.78, 5) is 0. The van der Waals surface area contributed by atoms with Gasteiger partial charge in [-0.2, -0.15) is 13.2 Å². The largest absolute Gasteiger partial charge is 0.416 e. The highest BCUT2D eigenvalue weighted by molar-refractivity contribution is 5.25. The summed E-state index contributed by atoms with van der Waals surface area (Å²) in [7, 11) is 0. The summed E-state index contributed by atoms with van der Waals surface area (Å²) >= 11 is 0. The van der Waals surface area contributed by atoms with Crippen LogP contribution in [-0.4, -0.2) is 31.2 Å². The minimum Gasteiger partial charge on any atom is -0.371 e. The molecule has 0 saturated carbocycles. The lowest BCUT2D eigenvalue weighted by molar-refractivity contribution is -0.211. The van der Waals surface area contributed by atoms with Gasteiger partial charge in [-0.25, -0.2) is 0 Å². The molecule has 4 atom stereocenters. The monoisotopic (exact) mass is 394 g/mol. The van der Waals surface area contributed by atoms with Crippen LogP contribution >= 0.6 is 0 Å². The van der Waals surface area contributed by atoms with E-state index in [1.54, 1.807) is 6.07 Å². The molecule has 2 aromatic rings. The topological polar surface area (TPSA) is 36.9 Å². The fourth-order valence-corrected chi connectivity index (χ4v) is 3.46. The van der Waals surface area contributed by atoms with E-state index < -0.39 is 24.1 Å². The van der Waals surface area contributed by atoms with Crippen LogP contribution in [-0.2, 0) is 38.3 Å². The van der Waals surface area contributed by atoms with Gasteiger partial charge in [0, 0.05) is 6.42 Å². The maximum atomic E-state index is 12.9. The van der Waals surface area contributed by atoms with Crippen molar-refractivity contribution in [3.8, 4) is 0 Å². The third kappa shape index (κ3) is 4.55. The molecule has 0 spiro atoms. The first-order chi connectivity index (χ1) is 13.5. The number of hydrogen-bond donors (Lipinski definition) is 0. The fraction of sp³-hybridized carbons (Fsp3) is 0.429. The molecule has 2 aliphatic heterocycles. The van der Waals surface area contributed by atoms with Gasteiger partial charge < -0.3 is 18.9 Å². The Morgan fingerprint density at radius 3 is 2.39 bits per heavy atom. The molecule has 2 aromatic carbocycles. The van der Waals surface area contributed by atoms with Crippen molar-refractivity contribution in [2.24, 2.45) is 0 Å². The SMILES string of the molecule is FC(F)(F)c1cccc(CO[C@@H]2C[C@H](OCc3ccccc3)[C@H]3CO[C@@H]2O3)c1. The summed E-state index contributed by atoms with van der Waals surface area (Å²) in [6.45, 7) is 0.928. The van der Waals surface area contributed by atoms with E-state index in [-0.39, 0.29) is 18.8 Å². The standard InChI is InChI=1S/C21H21F3O4/c22-21(23,24)16-8-4-7-15(9-16)12-26-18-10-17(19-13-27-20(18)28-19)25-11-14-5-2-1-3-6-14/h1-9,17-20H,10-13H2/t17-,18+,19+,20+/m0/s1. The zero-order valence-corrected chi connectivity index (χ0v) is 15.1. The normalized spacial score (nSPS) is 27.1. The smallest absolute Gasteiger partial charge is 0.371 e. The summed E-state index contributed by atoms with van der Waals surface area (Å²) in [5.74, 6) is 0. The third-order valence-electron chi connectivity index (χ3n) is 4.94. The van der Waals surface area contributed by atoms with Crippen LogP contribution in [0.2, 0.25) is 0 Å². The quantitative estimate of drug-likeness (QED) is 0.731. The Labute approximate surface area is 161 Å². The minimum atomic E-state index is -4.37. The molecule has 2 aliphatic rings. The second kappa shape index (κ2) is 8.21. The van der Waals surface area contributed by atoms with Crippen LogP contribution in [0.5, 0.6) is 0 Å². The maximum absolute atomic E-state index is 12.9. The highest BCUT2D eigenvalue weighted by Gasteiger charge is 2.45. The zero-order chi connectivity index (χ0) is 19.6. The molecule has 0 N–H and O–H groups in total. The van der Waals surface area contributed by atoms with Crippen molar-refractivity contribution in [1.29, 1.82) is 0 Å². The molecule has 7 heteroatoms. The Kier molecular flexibility index (Phi) is 5.68. The second-order valence-electron chi connectivity index (χ2n) is 6.99. The molecule has 150 valence electrons. The Balaban J connectivity index is 1.35. The zero-order valence-electron chi connectivity index (χ0n) is 15.1. The first-order valence-electron chi connectivity index (χ1n) is 9.19. The van der Waals surface area contributed by atoms with Gasteiger partial charge >= 0.3 is 6.18 Å². The Morgan fingerprint density at radius 2 is 1.61 bits per heavy atom. The van der Waals surface area contributed by atoms with Gasteiger partial charge in [0.15, 0.2) is 6.29 Å². The summed E-state index contributed by atoms with van der Waals surface area (Å²) in [6.07, 6.45) is -5.04. The molecule has 0 amide bonds. The van der Waals surface area contributed by atoms with E-state index in [9.17, 15) is 13.2 Å².